The van der Waals surface area contributed by atoms with Crippen molar-refractivity contribution in [3.63, 3.8) is 0 Å². The summed E-state index contributed by atoms with van der Waals surface area (Å²) in [7, 11) is 0. The molecule has 0 aliphatic carbocycles. The third kappa shape index (κ3) is 1.86. The van der Waals surface area contributed by atoms with Crippen molar-refractivity contribution < 1.29 is 14.7 Å². The summed E-state index contributed by atoms with van der Waals surface area (Å²) in [6.07, 6.45) is 3.29. The molecule has 0 atom stereocenters. The Balaban J connectivity index is 2.26. The number of hydrogen-bond donors (Lipinski definition) is 1. The van der Waals surface area contributed by atoms with E-state index in [0.29, 0.717) is 13.0 Å². The van der Waals surface area contributed by atoms with Crippen molar-refractivity contribution in [3.05, 3.63) is 30.0 Å². The fourth-order valence-corrected chi connectivity index (χ4v) is 2.80. The fourth-order valence-electron chi connectivity index (χ4n) is 2.80. The standard InChI is InChI=1S/C15H16N2O3/c1-2-16-7-5-11-12(16)8-10(15(19)20)9-13(11)17-6-3-4-14(17)18/h5,7-9H,2-4,6H2,1H3,(H,19,20). The van der Waals surface area contributed by atoms with Gasteiger partial charge in [-0.15, -0.1) is 0 Å². The maximum Gasteiger partial charge on any atom is 0.335 e. The van der Waals surface area contributed by atoms with E-state index in [0.717, 1.165) is 29.6 Å². The molecule has 0 radical (unpaired) electrons. The van der Waals surface area contributed by atoms with Crippen molar-refractivity contribution in [3.8, 4) is 0 Å². The highest BCUT2D eigenvalue weighted by Crippen LogP contribution is 2.32. The first-order chi connectivity index (χ1) is 9.61. The third-order valence-electron chi connectivity index (χ3n) is 3.82. The van der Waals surface area contributed by atoms with E-state index >= 15 is 0 Å². The second-order valence-corrected chi connectivity index (χ2v) is 4.98. The van der Waals surface area contributed by atoms with Gasteiger partial charge in [0.2, 0.25) is 5.91 Å². The predicted molar refractivity (Wildman–Crippen MR) is 76.2 cm³/mol. The van der Waals surface area contributed by atoms with E-state index in [9.17, 15) is 14.7 Å². The first-order valence-corrected chi connectivity index (χ1v) is 6.78. The maximum absolute atomic E-state index is 11.9. The molecule has 1 amide bonds. The van der Waals surface area contributed by atoms with Gasteiger partial charge >= 0.3 is 5.97 Å². The van der Waals surface area contributed by atoms with Crippen molar-refractivity contribution in [2.45, 2.75) is 26.3 Å². The highest BCUT2D eigenvalue weighted by Gasteiger charge is 2.25. The third-order valence-corrected chi connectivity index (χ3v) is 3.82. The van der Waals surface area contributed by atoms with Crippen LogP contribution in [0.4, 0.5) is 5.69 Å². The zero-order valence-electron chi connectivity index (χ0n) is 11.3. The van der Waals surface area contributed by atoms with Crippen LogP contribution in [0.2, 0.25) is 0 Å². The Bertz CT molecular complexity index is 702. The molecule has 1 saturated heterocycles. The summed E-state index contributed by atoms with van der Waals surface area (Å²) in [6.45, 7) is 3.43. The second kappa shape index (κ2) is 4.67. The summed E-state index contributed by atoms with van der Waals surface area (Å²) in [4.78, 5) is 25.0. The number of aromatic carboxylic acids is 1. The Morgan fingerprint density at radius 2 is 2.20 bits per heavy atom. The zero-order valence-corrected chi connectivity index (χ0v) is 11.3. The van der Waals surface area contributed by atoms with Crippen LogP contribution in [0.1, 0.15) is 30.1 Å². The second-order valence-electron chi connectivity index (χ2n) is 4.98. The first-order valence-electron chi connectivity index (χ1n) is 6.78. The van der Waals surface area contributed by atoms with Crippen LogP contribution in [0.3, 0.4) is 0 Å². The van der Waals surface area contributed by atoms with Gasteiger partial charge in [-0.2, -0.15) is 0 Å². The molecule has 0 unspecified atom stereocenters. The van der Waals surface area contributed by atoms with Gasteiger partial charge < -0.3 is 14.6 Å². The normalized spacial score (nSPS) is 15.2. The Kier molecular flexibility index (Phi) is 2.97. The Morgan fingerprint density at radius 1 is 1.40 bits per heavy atom. The minimum atomic E-state index is -0.969. The van der Waals surface area contributed by atoms with Crippen LogP contribution in [0, 0.1) is 0 Å². The highest BCUT2D eigenvalue weighted by molar-refractivity contribution is 6.07. The number of carboxylic acids is 1. The molecule has 2 heterocycles. The smallest absolute Gasteiger partial charge is 0.335 e. The monoisotopic (exact) mass is 272 g/mol. The lowest BCUT2D eigenvalue weighted by Crippen LogP contribution is -2.24. The van der Waals surface area contributed by atoms with E-state index in [2.05, 4.69) is 0 Å². The molecule has 0 bridgehead atoms. The van der Waals surface area contributed by atoms with Crippen molar-refractivity contribution in [2.75, 3.05) is 11.4 Å². The summed E-state index contributed by atoms with van der Waals surface area (Å²) < 4.78 is 1.99. The largest absolute Gasteiger partial charge is 0.478 e. The topological polar surface area (TPSA) is 62.5 Å². The minimum Gasteiger partial charge on any atom is -0.478 e. The number of carbonyl (C=O) groups is 2. The molecule has 5 nitrogen and oxygen atoms in total. The number of aromatic nitrogens is 1. The fraction of sp³-hybridized carbons (Fsp3) is 0.333. The van der Waals surface area contributed by atoms with Crippen LogP contribution in [0.5, 0.6) is 0 Å². The maximum atomic E-state index is 11.9. The molecule has 3 rings (SSSR count). The molecular formula is C15H16N2O3. The van der Waals surface area contributed by atoms with Gasteiger partial charge in [0.05, 0.1) is 16.8 Å². The number of fused-ring (bicyclic) bond motifs is 1. The first kappa shape index (κ1) is 12.7. The number of amides is 1. The molecule has 2 aromatic rings. The summed E-state index contributed by atoms with van der Waals surface area (Å²) in [5.74, 6) is -0.901. The van der Waals surface area contributed by atoms with Crippen LogP contribution in [-0.4, -0.2) is 28.1 Å². The van der Waals surface area contributed by atoms with Gasteiger partial charge in [0.15, 0.2) is 0 Å². The number of aryl methyl sites for hydroxylation is 1. The lowest BCUT2D eigenvalue weighted by molar-refractivity contribution is -0.117. The molecule has 1 aliphatic heterocycles. The lowest BCUT2D eigenvalue weighted by Gasteiger charge is -2.18. The molecule has 1 aromatic heterocycles. The quantitative estimate of drug-likeness (QED) is 0.933. The molecule has 1 fully saturated rings. The van der Waals surface area contributed by atoms with Crippen LogP contribution < -0.4 is 4.90 Å². The Hall–Kier alpha value is -2.30. The average molecular weight is 272 g/mol. The number of anilines is 1. The van der Waals surface area contributed by atoms with Crippen LogP contribution in [0.15, 0.2) is 24.4 Å². The van der Waals surface area contributed by atoms with Crippen LogP contribution in [0.25, 0.3) is 10.9 Å². The van der Waals surface area contributed by atoms with E-state index in [1.165, 1.54) is 0 Å². The minimum absolute atomic E-state index is 0.0677. The summed E-state index contributed by atoms with van der Waals surface area (Å²) >= 11 is 0. The van der Waals surface area contributed by atoms with E-state index in [1.807, 2.05) is 23.8 Å². The van der Waals surface area contributed by atoms with Crippen molar-refractivity contribution >= 4 is 28.5 Å². The average Bonchev–Trinajstić information content (AvgIpc) is 3.03. The van der Waals surface area contributed by atoms with Gasteiger partial charge in [-0.1, -0.05) is 0 Å². The van der Waals surface area contributed by atoms with Gasteiger partial charge in [0.25, 0.3) is 0 Å². The number of benzene rings is 1. The number of nitrogens with zero attached hydrogens (tertiary/aromatic N) is 2. The van der Waals surface area contributed by atoms with Gasteiger partial charge in [0.1, 0.15) is 0 Å². The van der Waals surface area contributed by atoms with Gasteiger partial charge in [0, 0.05) is 31.1 Å². The molecular weight excluding hydrogens is 256 g/mol. The SMILES string of the molecule is CCn1ccc2c(N3CCCC3=O)cc(C(=O)O)cc21. The molecule has 5 heteroatoms. The summed E-state index contributed by atoms with van der Waals surface area (Å²) in [6, 6.07) is 5.23. The van der Waals surface area contributed by atoms with Crippen molar-refractivity contribution in [1.82, 2.24) is 4.57 Å². The van der Waals surface area contributed by atoms with Gasteiger partial charge in [-0.05, 0) is 31.5 Å². The molecule has 1 aliphatic rings. The Labute approximate surface area is 116 Å². The highest BCUT2D eigenvalue weighted by atomic mass is 16.4. The van der Waals surface area contributed by atoms with Crippen molar-refractivity contribution in [1.29, 1.82) is 0 Å². The molecule has 1 aromatic carbocycles. The molecule has 104 valence electrons. The molecule has 0 saturated carbocycles. The number of carbonyl (C=O) groups excluding carboxylic acids is 1. The summed E-state index contributed by atoms with van der Waals surface area (Å²) in [5.41, 5.74) is 1.80. The van der Waals surface area contributed by atoms with Gasteiger partial charge in [-0.25, -0.2) is 4.79 Å². The van der Waals surface area contributed by atoms with E-state index in [-0.39, 0.29) is 11.5 Å². The molecule has 20 heavy (non-hydrogen) atoms. The zero-order chi connectivity index (χ0) is 14.3. The van der Waals surface area contributed by atoms with E-state index in [1.54, 1.807) is 17.0 Å². The summed E-state index contributed by atoms with van der Waals surface area (Å²) in [5, 5.41) is 10.2. The number of carboxylic acid groups (broad SMARTS) is 1. The van der Waals surface area contributed by atoms with E-state index in [4.69, 9.17) is 0 Å². The van der Waals surface area contributed by atoms with E-state index < -0.39 is 5.97 Å². The lowest BCUT2D eigenvalue weighted by atomic mass is 10.1. The Morgan fingerprint density at radius 3 is 2.80 bits per heavy atom. The number of rotatable bonds is 3. The van der Waals surface area contributed by atoms with Crippen molar-refractivity contribution in [2.24, 2.45) is 0 Å². The molecule has 1 N–H and O–H groups in total. The molecule has 0 spiro atoms. The van der Waals surface area contributed by atoms with Crippen LogP contribution in [-0.2, 0) is 11.3 Å². The predicted octanol–water partition coefficient (Wildman–Crippen LogP) is 2.49. The number of hydrogen-bond acceptors (Lipinski definition) is 2. The van der Waals surface area contributed by atoms with Crippen LogP contribution >= 0.6 is 0 Å². The van der Waals surface area contributed by atoms with Gasteiger partial charge in [-0.3, -0.25) is 4.79 Å².